The summed E-state index contributed by atoms with van der Waals surface area (Å²) in [5, 5.41) is 3.08. The van der Waals surface area contributed by atoms with Gasteiger partial charge in [-0.2, -0.15) is 0 Å². The highest BCUT2D eigenvalue weighted by Crippen LogP contribution is 2.51. The first-order valence-corrected chi connectivity index (χ1v) is 39.7. The third-order valence-corrected chi connectivity index (χ3v) is 25.4. The Morgan fingerprint density at radius 3 is 0.963 bits per heavy atom. The normalized spacial score (nSPS) is 12.0. The molecule has 0 aliphatic rings. The van der Waals surface area contributed by atoms with Gasteiger partial charge in [0.25, 0.3) is 0 Å². The Morgan fingerprint density at radius 1 is 0.256 bits per heavy atom. The lowest BCUT2D eigenvalue weighted by Crippen LogP contribution is -1.89. The molecule has 0 amide bonds. The molecule has 0 saturated heterocycles. The van der Waals surface area contributed by atoms with Gasteiger partial charge < -0.3 is 0 Å². The van der Waals surface area contributed by atoms with Crippen molar-refractivity contribution in [1.82, 2.24) is 0 Å². The highest BCUT2D eigenvalue weighted by molar-refractivity contribution is 7.30. The Bertz CT molecular complexity index is 2770. The molecule has 0 nitrogen and oxygen atoms in total. The lowest BCUT2D eigenvalue weighted by molar-refractivity contribution is 0.556. The highest BCUT2D eigenvalue weighted by atomic mass is 32.1. The van der Waals surface area contributed by atoms with E-state index in [1.54, 1.807) is 47.1 Å². The van der Waals surface area contributed by atoms with Gasteiger partial charge in [0, 0.05) is 58.2 Å². The second kappa shape index (κ2) is 39.7. The van der Waals surface area contributed by atoms with Gasteiger partial charge in [0.15, 0.2) is 0 Å². The summed E-state index contributed by atoms with van der Waals surface area (Å²) in [7, 11) is 0. The van der Waals surface area contributed by atoms with Crippen LogP contribution in [-0.4, -0.2) is 0 Å². The maximum atomic E-state index is 2.67. The van der Waals surface area contributed by atoms with E-state index in [1.165, 1.54) is 327 Å². The zero-order valence-electron chi connectivity index (χ0n) is 53.2. The van der Waals surface area contributed by atoms with E-state index < -0.39 is 0 Å². The van der Waals surface area contributed by atoms with Crippen LogP contribution in [0, 0.1) is 13.8 Å². The molecule has 0 aliphatic carbocycles. The van der Waals surface area contributed by atoms with E-state index in [2.05, 4.69) is 147 Å². The number of hydrogen-bond acceptors (Lipinski definition) is 6. The minimum atomic E-state index is 1.19. The van der Waals surface area contributed by atoms with Crippen LogP contribution in [0.1, 0.15) is 317 Å². The molecule has 7 aromatic rings. The van der Waals surface area contributed by atoms with Crippen molar-refractivity contribution in [3.05, 3.63) is 80.5 Å². The fraction of sp³-hybridized carbons (Fsp3) is 0.658. The van der Waals surface area contributed by atoms with Gasteiger partial charge in [0.1, 0.15) is 0 Å². The second-order valence-corrected chi connectivity index (χ2v) is 31.9. The van der Waals surface area contributed by atoms with Crippen molar-refractivity contribution in [2.75, 3.05) is 0 Å². The minimum absolute atomic E-state index is 1.19. The van der Waals surface area contributed by atoms with Gasteiger partial charge in [0.05, 0.1) is 0 Å². The van der Waals surface area contributed by atoms with Crippen LogP contribution >= 0.6 is 68.0 Å². The molecule has 7 rings (SSSR count). The Morgan fingerprint density at radius 2 is 0.573 bits per heavy atom. The molecule has 0 atom stereocenters. The zero-order valence-corrected chi connectivity index (χ0v) is 58.1. The fourth-order valence-electron chi connectivity index (χ4n) is 12.8. The van der Waals surface area contributed by atoms with Gasteiger partial charge in [-0.25, -0.2) is 0 Å². The van der Waals surface area contributed by atoms with Crippen molar-refractivity contribution in [2.24, 2.45) is 0 Å². The van der Waals surface area contributed by atoms with Gasteiger partial charge >= 0.3 is 0 Å². The highest BCUT2D eigenvalue weighted by Gasteiger charge is 2.23. The van der Waals surface area contributed by atoms with E-state index in [0.717, 1.165) is 0 Å². The van der Waals surface area contributed by atoms with E-state index in [0.29, 0.717) is 0 Å². The summed E-state index contributed by atoms with van der Waals surface area (Å²) in [6.45, 7) is 14.0. The average molecular weight is 1220 g/mol. The average Bonchev–Trinajstić information content (AvgIpc) is 4.48. The summed E-state index contributed by atoms with van der Waals surface area (Å²) in [5.74, 6) is 0. The third-order valence-electron chi connectivity index (χ3n) is 18.0. The molecule has 0 fully saturated rings. The van der Waals surface area contributed by atoms with Crippen molar-refractivity contribution in [2.45, 2.75) is 324 Å². The number of thiophene rings is 6. The standard InChI is InChI=1S/C76H114S6/c1-7-11-15-19-23-27-31-35-39-43-47-61-55-72(78-60(61)6)73-56-62(48-44-40-36-32-28-24-20-16-12-8-2)74(82-73)67-53-54-69(79-67)76-64(50-46-42-38-34-30-26-22-18-14-10-4)66-58-70-65(57-71(66)81-76)63(75(80-70)68-52-51-59(5)77-68)49-45-41-37-33-29-25-21-17-13-9-3/h51-58H,7-50H2,1-6H3. The summed E-state index contributed by atoms with van der Waals surface area (Å²) in [6, 6.07) is 20.4. The monoisotopic (exact) mass is 1220 g/mol. The molecule has 6 aromatic heterocycles. The third kappa shape index (κ3) is 22.3. The first-order valence-electron chi connectivity index (χ1n) is 34.8. The molecular weight excluding hydrogens is 1110 g/mol. The van der Waals surface area contributed by atoms with E-state index in [9.17, 15) is 0 Å². The van der Waals surface area contributed by atoms with Crippen LogP contribution < -0.4 is 0 Å². The minimum Gasteiger partial charge on any atom is -0.140 e. The lowest BCUT2D eigenvalue weighted by atomic mass is 9.98. The predicted molar refractivity (Wildman–Crippen MR) is 382 cm³/mol. The Hall–Kier alpha value is -2.06. The predicted octanol–water partition coefficient (Wildman–Crippen LogP) is 29.5. The smallest absolute Gasteiger partial charge is 0.0487 e. The summed E-state index contributed by atoms with van der Waals surface area (Å²) in [5.41, 5.74) is 6.47. The van der Waals surface area contributed by atoms with Crippen molar-refractivity contribution in [1.29, 1.82) is 0 Å². The number of rotatable bonds is 48. The first kappa shape index (κ1) is 67.4. The molecule has 454 valence electrons. The fourth-order valence-corrected chi connectivity index (χ4v) is 20.0. The molecule has 1 aromatic carbocycles. The van der Waals surface area contributed by atoms with Crippen LogP contribution in [-0.2, 0) is 25.7 Å². The summed E-state index contributed by atoms with van der Waals surface area (Å²) >= 11 is 12.5. The van der Waals surface area contributed by atoms with Crippen LogP contribution in [0.25, 0.3) is 59.2 Å². The van der Waals surface area contributed by atoms with Crippen LogP contribution in [0.15, 0.2) is 48.5 Å². The molecule has 0 N–H and O–H groups in total. The van der Waals surface area contributed by atoms with E-state index in [-0.39, 0.29) is 0 Å². The zero-order chi connectivity index (χ0) is 57.4. The maximum Gasteiger partial charge on any atom is 0.0487 e. The molecule has 0 aliphatic heterocycles. The molecule has 0 bridgehead atoms. The largest absolute Gasteiger partial charge is 0.140 e. The summed E-state index contributed by atoms with van der Waals surface area (Å²) < 4.78 is 3.02. The van der Waals surface area contributed by atoms with E-state index in [1.807, 2.05) is 11.3 Å². The van der Waals surface area contributed by atoms with Crippen LogP contribution in [0.4, 0.5) is 0 Å². The van der Waals surface area contributed by atoms with Gasteiger partial charge in [-0.3, -0.25) is 0 Å². The van der Waals surface area contributed by atoms with Crippen molar-refractivity contribution in [3.8, 4) is 39.0 Å². The Balaban J connectivity index is 1.12. The van der Waals surface area contributed by atoms with Crippen molar-refractivity contribution in [3.63, 3.8) is 0 Å². The number of fused-ring (bicyclic) bond motifs is 2. The topological polar surface area (TPSA) is 0 Å². The second-order valence-electron chi connectivity index (χ2n) is 25.1. The van der Waals surface area contributed by atoms with Crippen LogP contribution in [0.2, 0.25) is 0 Å². The number of benzene rings is 1. The molecule has 0 radical (unpaired) electrons. The van der Waals surface area contributed by atoms with Gasteiger partial charge in [-0.05, 0) is 147 Å². The quantitative estimate of drug-likeness (QED) is 0.0334. The SMILES string of the molecule is CCCCCCCCCCCCc1cc(-c2cc(CCCCCCCCCCCC)c(-c3ccc(-c4sc5cc6c(CCCCCCCCCCCC)c(-c7ccc(C)s7)sc6cc5c4CCCCCCCCCCCC)s3)s2)sc1C. The molecule has 0 saturated carbocycles. The number of hydrogen-bond donors (Lipinski definition) is 0. The van der Waals surface area contributed by atoms with Crippen LogP contribution in [0.5, 0.6) is 0 Å². The molecule has 0 spiro atoms. The first-order chi connectivity index (χ1) is 40.4. The number of aryl methyl sites for hydroxylation is 6. The van der Waals surface area contributed by atoms with Gasteiger partial charge in [-0.1, -0.05) is 259 Å². The molecule has 6 heteroatoms. The number of unbranched alkanes of at least 4 members (excludes halogenated alkanes) is 36. The summed E-state index contributed by atoms with van der Waals surface area (Å²) in [4.78, 5) is 15.1. The van der Waals surface area contributed by atoms with Crippen molar-refractivity contribution >= 4 is 88.2 Å². The lowest BCUT2D eigenvalue weighted by Gasteiger charge is -2.06. The Labute approximate surface area is 527 Å². The van der Waals surface area contributed by atoms with Crippen molar-refractivity contribution < 1.29 is 0 Å². The molecule has 6 heterocycles. The maximum absolute atomic E-state index is 2.67. The van der Waals surface area contributed by atoms with Gasteiger partial charge in [-0.15, -0.1) is 68.0 Å². The van der Waals surface area contributed by atoms with E-state index >= 15 is 0 Å². The molecular formula is C76H114S6. The van der Waals surface area contributed by atoms with Gasteiger partial charge in [0.2, 0.25) is 0 Å². The molecule has 0 unspecified atom stereocenters. The summed E-state index contributed by atoms with van der Waals surface area (Å²) in [6.07, 6.45) is 60.5. The molecule has 82 heavy (non-hydrogen) atoms. The van der Waals surface area contributed by atoms with E-state index in [4.69, 9.17) is 0 Å². The van der Waals surface area contributed by atoms with Crippen LogP contribution in [0.3, 0.4) is 0 Å². The Kier molecular flexibility index (Phi) is 32.6.